The largest absolute Gasteiger partial charge is 0.311 e. The second-order valence-corrected chi connectivity index (χ2v) is 7.56. The molecule has 5 nitrogen and oxygen atoms in total. The van der Waals surface area contributed by atoms with E-state index in [0.29, 0.717) is 10.7 Å². The number of carbonyl (C=O) groups is 1. The van der Waals surface area contributed by atoms with Crippen molar-refractivity contribution in [2.24, 2.45) is 0 Å². The van der Waals surface area contributed by atoms with Crippen LogP contribution in [0.4, 0.5) is 5.69 Å². The van der Waals surface area contributed by atoms with E-state index in [1.807, 2.05) is 13.0 Å². The van der Waals surface area contributed by atoms with Gasteiger partial charge < -0.3 is 4.90 Å². The highest BCUT2D eigenvalue weighted by molar-refractivity contribution is 7.89. The number of nitrogens with one attached hydrogen (secondary N) is 1. The first kappa shape index (κ1) is 18.4. The molecule has 2 aromatic rings. The molecular weight excluding hydrogens is 348 g/mol. The van der Waals surface area contributed by atoms with E-state index in [1.54, 1.807) is 36.4 Å². The third-order valence-corrected chi connectivity index (χ3v) is 5.16. The molecule has 2 rings (SSSR count). The van der Waals surface area contributed by atoms with Gasteiger partial charge in [-0.1, -0.05) is 23.7 Å². The summed E-state index contributed by atoms with van der Waals surface area (Å²) in [5.41, 5.74) is 1.53. The molecule has 0 bridgehead atoms. The molecule has 0 saturated heterocycles. The molecule has 2 aromatic carbocycles. The summed E-state index contributed by atoms with van der Waals surface area (Å²) in [5.74, 6) is -0.174. The Morgan fingerprint density at radius 3 is 2.42 bits per heavy atom. The number of sulfonamides is 1. The molecule has 24 heavy (non-hydrogen) atoms. The fraction of sp³-hybridized carbons (Fsp3) is 0.235. The summed E-state index contributed by atoms with van der Waals surface area (Å²) in [6, 6.07) is 13.5. The van der Waals surface area contributed by atoms with Crippen LogP contribution in [0.15, 0.2) is 53.4 Å². The Labute approximate surface area is 147 Å². The summed E-state index contributed by atoms with van der Waals surface area (Å²) in [7, 11) is -3.60. The molecule has 0 atom stereocenters. The van der Waals surface area contributed by atoms with Crippen LogP contribution in [0, 0.1) is 6.92 Å². The molecule has 0 radical (unpaired) electrons. The van der Waals surface area contributed by atoms with Gasteiger partial charge in [-0.15, -0.1) is 0 Å². The molecule has 0 aliphatic carbocycles. The van der Waals surface area contributed by atoms with Crippen LogP contribution in [0.3, 0.4) is 0 Å². The highest BCUT2D eigenvalue weighted by atomic mass is 35.5. The summed E-state index contributed by atoms with van der Waals surface area (Å²) in [4.78, 5) is 13.5. The number of carbonyl (C=O) groups excluding carboxylic acids is 1. The minimum absolute atomic E-state index is 0.110. The van der Waals surface area contributed by atoms with Gasteiger partial charge in [-0.05, 0) is 48.9 Å². The van der Waals surface area contributed by atoms with Crippen LogP contribution in [0.25, 0.3) is 0 Å². The fourth-order valence-corrected chi connectivity index (χ4v) is 3.50. The number of rotatable bonds is 6. The molecule has 0 unspecified atom stereocenters. The number of halogens is 1. The van der Waals surface area contributed by atoms with Gasteiger partial charge in [-0.2, -0.15) is 0 Å². The maximum absolute atomic E-state index is 12.3. The first-order valence-electron chi connectivity index (χ1n) is 7.39. The van der Waals surface area contributed by atoms with Crippen LogP contribution in [0.2, 0.25) is 5.02 Å². The number of nitrogens with zero attached hydrogens (tertiary/aromatic N) is 1. The van der Waals surface area contributed by atoms with Gasteiger partial charge in [0.25, 0.3) is 0 Å². The molecule has 0 saturated carbocycles. The Kier molecular flexibility index (Phi) is 5.99. The van der Waals surface area contributed by atoms with Crippen LogP contribution >= 0.6 is 11.6 Å². The highest BCUT2D eigenvalue weighted by Crippen LogP contribution is 2.18. The number of benzene rings is 2. The van der Waals surface area contributed by atoms with Gasteiger partial charge in [-0.3, -0.25) is 4.79 Å². The summed E-state index contributed by atoms with van der Waals surface area (Å²) >= 11 is 5.85. The molecule has 0 aromatic heterocycles. The average Bonchev–Trinajstić information content (AvgIpc) is 2.52. The SMILES string of the molecule is CC(=O)N(CCNS(=O)(=O)c1cccc(C)c1)c1ccc(Cl)cc1. The van der Waals surface area contributed by atoms with E-state index < -0.39 is 10.0 Å². The topological polar surface area (TPSA) is 66.5 Å². The van der Waals surface area contributed by atoms with E-state index in [1.165, 1.54) is 17.9 Å². The normalized spacial score (nSPS) is 11.3. The Morgan fingerprint density at radius 1 is 1.17 bits per heavy atom. The van der Waals surface area contributed by atoms with Gasteiger partial charge in [0.05, 0.1) is 4.90 Å². The molecule has 1 N–H and O–H groups in total. The average molecular weight is 367 g/mol. The Morgan fingerprint density at radius 2 is 1.83 bits per heavy atom. The second-order valence-electron chi connectivity index (χ2n) is 5.36. The molecule has 128 valence electrons. The van der Waals surface area contributed by atoms with Crippen molar-refractivity contribution in [1.29, 1.82) is 0 Å². The van der Waals surface area contributed by atoms with Crippen molar-refractivity contribution in [2.45, 2.75) is 18.7 Å². The van der Waals surface area contributed by atoms with Crippen LogP contribution < -0.4 is 9.62 Å². The number of hydrogen-bond acceptors (Lipinski definition) is 3. The van der Waals surface area contributed by atoms with Gasteiger partial charge in [0.1, 0.15) is 0 Å². The summed E-state index contributed by atoms with van der Waals surface area (Å²) in [6.07, 6.45) is 0. The Bertz CT molecular complexity index is 820. The first-order chi connectivity index (χ1) is 11.3. The number of anilines is 1. The third kappa shape index (κ3) is 4.80. The van der Waals surface area contributed by atoms with Crippen molar-refractivity contribution in [3.05, 3.63) is 59.1 Å². The number of amides is 1. The molecule has 0 heterocycles. The zero-order valence-corrected chi connectivity index (χ0v) is 15.1. The van der Waals surface area contributed by atoms with Crippen LogP contribution in [-0.2, 0) is 14.8 Å². The van der Waals surface area contributed by atoms with Gasteiger partial charge in [-0.25, -0.2) is 13.1 Å². The fourth-order valence-electron chi connectivity index (χ4n) is 2.25. The lowest BCUT2D eigenvalue weighted by atomic mass is 10.2. The van der Waals surface area contributed by atoms with Crippen molar-refractivity contribution < 1.29 is 13.2 Å². The van der Waals surface area contributed by atoms with E-state index >= 15 is 0 Å². The van der Waals surface area contributed by atoms with E-state index in [-0.39, 0.29) is 23.9 Å². The quantitative estimate of drug-likeness (QED) is 0.854. The van der Waals surface area contributed by atoms with Gasteiger partial charge in [0.15, 0.2) is 0 Å². The monoisotopic (exact) mass is 366 g/mol. The van der Waals surface area contributed by atoms with Gasteiger partial charge >= 0.3 is 0 Å². The standard InChI is InChI=1S/C17H19ClN2O3S/c1-13-4-3-5-17(12-13)24(22,23)19-10-11-20(14(2)21)16-8-6-15(18)7-9-16/h3-9,12,19H,10-11H2,1-2H3. The summed E-state index contributed by atoms with van der Waals surface area (Å²) in [5, 5.41) is 0.572. The maximum atomic E-state index is 12.3. The minimum Gasteiger partial charge on any atom is -0.311 e. The maximum Gasteiger partial charge on any atom is 0.240 e. The van der Waals surface area contributed by atoms with Crippen molar-refractivity contribution >= 4 is 33.2 Å². The number of aryl methyl sites for hydroxylation is 1. The molecule has 7 heteroatoms. The molecule has 0 aliphatic rings. The Hall–Kier alpha value is -1.89. The minimum atomic E-state index is -3.60. The van der Waals surface area contributed by atoms with Gasteiger partial charge in [0, 0.05) is 30.7 Å². The van der Waals surface area contributed by atoms with Crippen LogP contribution in [0.1, 0.15) is 12.5 Å². The van der Waals surface area contributed by atoms with Gasteiger partial charge in [0.2, 0.25) is 15.9 Å². The van der Waals surface area contributed by atoms with E-state index in [4.69, 9.17) is 11.6 Å². The lowest BCUT2D eigenvalue weighted by Crippen LogP contribution is -2.37. The zero-order valence-electron chi connectivity index (χ0n) is 13.5. The van der Waals surface area contributed by atoms with Crippen LogP contribution in [0.5, 0.6) is 0 Å². The van der Waals surface area contributed by atoms with Crippen LogP contribution in [-0.4, -0.2) is 27.4 Å². The molecule has 0 spiro atoms. The van der Waals surface area contributed by atoms with Crippen molar-refractivity contribution in [3.8, 4) is 0 Å². The highest BCUT2D eigenvalue weighted by Gasteiger charge is 2.16. The lowest BCUT2D eigenvalue weighted by molar-refractivity contribution is -0.116. The second kappa shape index (κ2) is 7.79. The predicted octanol–water partition coefficient (Wildman–Crippen LogP) is 2.98. The molecule has 1 amide bonds. The summed E-state index contributed by atoms with van der Waals surface area (Å²) in [6.45, 7) is 3.60. The van der Waals surface area contributed by atoms with Crippen molar-refractivity contribution in [2.75, 3.05) is 18.0 Å². The van der Waals surface area contributed by atoms with Crippen molar-refractivity contribution in [3.63, 3.8) is 0 Å². The van der Waals surface area contributed by atoms with E-state index in [0.717, 1.165) is 5.56 Å². The van der Waals surface area contributed by atoms with E-state index in [2.05, 4.69) is 4.72 Å². The zero-order chi connectivity index (χ0) is 17.7. The number of hydrogen-bond donors (Lipinski definition) is 1. The first-order valence-corrected chi connectivity index (χ1v) is 9.26. The Balaban J connectivity index is 2.05. The molecular formula is C17H19ClN2O3S. The molecule has 0 aliphatic heterocycles. The third-order valence-electron chi connectivity index (χ3n) is 3.45. The van der Waals surface area contributed by atoms with Crippen molar-refractivity contribution in [1.82, 2.24) is 4.72 Å². The smallest absolute Gasteiger partial charge is 0.240 e. The van der Waals surface area contributed by atoms with E-state index in [9.17, 15) is 13.2 Å². The molecule has 0 fully saturated rings. The predicted molar refractivity (Wildman–Crippen MR) is 95.8 cm³/mol. The lowest BCUT2D eigenvalue weighted by Gasteiger charge is -2.21. The summed E-state index contributed by atoms with van der Waals surface area (Å²) < 4.78 is 27.1.